The zero-order valence-electron chi connectivity index (χ0n) is 13.3. The fourth-order valence-electron chi connectivity index (χ4n) is 2.62. The van der Waals surface area contributed by atoms with E-state index in [9.17, 15) is 9.90 Å². The van der Waals surface area contributed by atoms with Crippen LogP contribution in [0.5, 0.6) is 5.75 Å². The minimum atomic E-state index is -0.820. The number of rotatable bonds is 10. The molecule has 0 saturated heterocycles. The summed E-state index contributed by atoms with van der Waals surface area (Å²) in [5, 5.41) is 19.4. The average Bonchev–Trinajstić information content (AvgIpc) is 2.43. The maximum atomic E-state index is 10.9. The number of unbranched alkanes of at least 4 members (excludes halogenated alkanes) is 4. The first kappa shape index (κ1) is 21.5. The molecule has 0 spiro atoms. The molecule has 22 heavy (non-hydrogen) atoms. The summed E-state index contributed by atoms with van der Waals surface area (Å²) >= 11 is 0. The molecular weight excluding hydrogens is 287 g/mol. The molecule has 0 fully saturated rings. The second-order valence-electron chi connectivity index (χ2n) is 5.75. The maximum absolute atomic E-state index is 10.9. The molecule has 1 aromatic carbocycles. The first-order valence-corrected chi connectivity index (χ1v) is 8.13. The van der Waals surface area contributed by atoms with E-state index in [1.165, 1.54) is 0 Å². The number of phenols is 1. The number of hydrogen-bond donors (Lipinski definition) is 2. The van der Waals surface area contributed by atoms with Crippen molar-refractivity contribution >= 4 is 35.5 Å². The Balaban J connectivity index is 0.00000441. The van der Waals surface area contributed by atoms with Gasteiger partial charge in [-0.3, -0.25) is 4.79 Å². The summed E-state index contributed by atoms with van der Waals surface area (Å²) in [6.07, 6.45) is 8.30. The molecule has 0 amide bonds. The van der Waals surface area contributed by atoms with Crippen LogP contribution < -0.4 is 0 Å². The van der Waals surface area contributed by atoms with Gasteiger partial charge < -0.3 is 10.2 Å². The van der Waals surface area contributed by atoms with Gasteiger partial charge in [-0.1, -0.05) is 51.7 Å². The quantitative estimate of drug-likeness (QED) is 0.509. The zero-order valence-corrected chi connectivity index (χ0v) is 13.3. The number of aryl methyl sites for hydroxylation is 2. The van der Waals surface area contributed by atoms with E-state index >= 15 is 0 Å². The topological polar surface area (TPSA) is 57.5 Å². The summed E-state index contributed by atoms with van der Waals surface area (Å²) in [4.78, 5) is 10.9. The van der Waals surface area contributed by atoms with Crippen molar-refractivity contribution in [2.24, 2.45) is 0 Å². The molecule has 0 saturated carbocycles. The van der Waals surface area contributed by atoms with Gasteiger partial charge in [0.05, 0.1) is 6.42 Å². The van der Waals surface area contributed by atoms with Gasteiger partial charge >= 0.3 is 35.5 Å². The third-order valence-corrected chi connectivity index (χ3v) is 3.78. The summed E-state index contributed by atoms with van der Waals surface area (Å²) in [6.45, 7) is 4.30. The molecule has 2 N–H and O–H groups in total. The Morgan fingerprint density at radius 3 is 1.77 bits per heavy atom. The summed E-state index contributed by atoms with van der Waals surface area (Å²) in [5.41, 5.74) is 2.63. The van der Waals surface area contributed by atoms with Crippen LogP contribution in [0, 0.1) is 0 Å². The van der Waals surface area contributed by atoms with Crippen LogP contribution in [0.25, 0.3) is 0 Å². The Kier molecular flexibility index (Phi) is 11.7. The number of hydrogen-bond acceptors (Lipinski definition) is 2. The number of aromatic hydroxyl groups is 1. The summed E-state index contributed by atoms with van der Waals surface area (Å²) in [7, 11) is 0. The van der Waals surface area contributed by atoms with Crippen LogP contribution in [-0.2, 0) is 24.1 Å². The Hall–Kier alpha value is -0.510. The molecule has 1 rings (SSSR count). The second kappa shape index (κ2) is 12.0. The summed E-state index contributed by atoms with van der Waals surface area (Å²) in [6, 6.07) is 3.73. The molecule has 0 bridgehead atoms. The van der Waals surface area contributed by atoms with Gasteiger partial charge in [-0.15, -0.1) is 0 Å². The number of phenolic OH excluding ortho intramolecular Hbond substituents is 1. The van der Waals surface area contributed by atoms with Crippen molar-refractivity contribution in [3.63, 3.8) is 0 Å². The average molecular weight is 316 g/mol. The van der Waals surface area contributed by atoms with Gasteiger partial charge in [-0.05, 0) is 42.4 Å². The first-order chi connectivity index (χ1) is 10.1. The van der Waals surface area contributed by atoms with E-state index in [1.54, 1.807) is 0 Å². The number of carboxylic acids is 1. The van der Waals surface area contributed by atoms with E-state index in [0.717, 1.165) is 68.1 Å². The minimum absolute atomic E-state index is 0. The van der Waals surface area contributed by atoms with E-state index in [4.69, 9.17) is 5.11 Å². The first-order valence-electron chi connectivity index (χ1n) is 8.13. The van der Waals surface area contributed by atoms with Crippen molar-refractivity contribution in [1.29, 1.82) is 0 Å². The molecule has 0 heterocycles. The molecule has 0 aliphatic heterocycles. The van der Waals surface area contributed by atoms with Crippen LogP contribution in [0.3, 0.4) is 0 Å². The monoisotopic (exact) mass is 316 g/mol. The standard InChI is InChI=1S/C18H28O3.Na.H/c1-3-5-7-9-15-11-14(13-17(19)20)12-16(18(15)21)10-8-6-4-2;;/h11-12,21H,3-10,13H2,1-2H3,(H,19,20);;. The van der Waals surface area contributed by atoms with E-state index in [-0.39, 0.29) is 36.0 Å². The van der Waals surface area contributed by atoms with Gasteiger partial charge in [0.25, 0.3) is 0 Å². The van der Waals surface area contributed by atoms with Crippen LogP contribution in [0.1, 0.15) is 69.1 Å². The second-order valence-corrected chi connectivity index (χ2v) is 5.75. The molecule has 0 aliphatic carbocycles. The normalized spacial score (nSPS) is 10.3. The fraction of sp³-hybridized carbons (Fsp3) is 0.611. The van der Waals surface area contributed by atoms with Gasteiger partial charge in [-0.2, -0.15) is 0 Å². The number of carbonyl (C=O) groups is 1. The van der Waals surface area contributed by atoms with E-state index in [0.29, 0.717) is 5.75 Å². The van der Waals surface area contributed by atoms with Crippen LogP contribution >= 0.6 is 0 Å². The molecule has 0 aromatic heterocycles. The Morgan fingerprint density at radius 2 is 1.41 bits per heavy atom. The van der Waals surface area contributed by atoms with Gasteiger partial charge in [0.1, 0.15) is 5.75 Å². The molecular formula is C18H29NaO3. The SMILES string of the molecule is CCCCCc1cc(CC(=O)O)cc(CCCCC)c1O.[NaH]. The molecule has 4 heteroatoms. The predicted octanol–water partition coefficient (Wildman–Crippen LogP) is 3.84. The third kappa shape index (κ3) is 7.66. The van der Waals surface area contributed by atoms with Crippen LogP contribution in [0.15, 0.2) is 12.1 Å². The van der Waals surface area contributed by atoms with E-state index in [2.05, 4.69) is 13.8 Å². The zero-order chi connectivity index (χ0) is 15.7. The van der Waals surface area contributed by atoms with E-state index < -0.39 is 5.97 Å². The number of aliphatic carboxylic acids is 1. The predicted molar refractivity (Wildman–Crippen MR) is 93.1 cm³/mol. The van der Waals surface area contributed by atoms with Crippen molar-refractivity contribution < 1.29 is 15.0 Å². The van der Waals surface area contributed by atoms with Crippen LogP contribution in [0.4, 0.5) is 0 Å². The summed E-state index contributed by atoms with van der Waals surface area (Å²) < 4.78 is 0. The molecule has 0 unspecified atom stereocenters. The van der Waals surface area contributed by atoms with Gasteiger partial charge in [0.15, 0.2) is 0 Å². The molecule has 120 valence electrons. The van der Waals surface area contributed by atoms with Crippen molar-refractivity contribution in [1.82, 2.24) is 0 Å². The van der Waals surface area contributed by atoms with Crippen LogP contribution in [-0.4, -0.2) is 45.7 Å². The number of carboxylic acid groups (broad SMARTS) is 1. The Morgan fingerprint density at radius 1 is 0.955 bits per heavy atom. The molecule has 0 aliphatic rings. The van der Waals surface area contributed by atoms with Crippen molar-refractivity contribution in [2.75, 3.05) is 0 Å². The summed E-state index contributed by atoms with van der Waals surface area (Å²) in [5.74, 6) is -0.434. The Labute approximate surface area is 156 Å². The van der Waals surface area contributed by atoms with Crippen LogP contribution in [0.2, 0.25) is 0 Å². The Bertz CT molecular complexity index is 427. The third-order valence-electron chi connectivity index (χ3n) is 3.78. The van der Waals surface area contributed by atoms with Gasteiger partial charge in [0, 0.05) is 0 Å². The molecule has 3 nitrogen and oxygen atoms in total. The molecule has 1 aromatic rings. The molecule has 0 radical (unpaired) electrons. The van der Waals surface area contributed by atoms with Crippen molar-refractivity contribution in [2.45, 2.75) is 71.6 Å². The fourth-order valence-corrected chi connectivity index (χ4v) is 2.62. The van der Waals surface area contributed by atoms with E-state index in [1.807, 2.05) is 12.1 Å². The van der Waals surface area contributed by atoms with Gasteiger partial charge in [-0.25, -0.2) is 0 Å². The van der Waals surface area contributed by atoms with Gasteiger partial charge in [0.2, 0.25) is 0 Å². The van der Waals surface area contributed by atoms with Crippen molar-refractivity contribution in [3.8, 4) is 5.75 Å². The molecule has 0 atom stereocenters. The van der Waals surface area contributed by atoms with Crippen molar-refractivity contribution in [3.05, 3.63) is 28.8 Å². The number of benzene rings is 1.